The molecule has 0 bridgehead atoms. The minimum Gasteiger partial charge on any atom is -0.461 e. The van der Waals surface area contributed by atoms with Crippen LogP contribution in [0.2, 0.25) is 0 Å². The largest absolute Gasteiger partial charge is 0.461 e. The Morgan fingerprint density at radius 2 is 1.97 bits per heavy atom. The molecule has 1 fully saturated rings. The van der Waals surface area contributed by atoms with Crippen molar-refractivity contribution in [3.05, 3.63) is 76.5 Å². The number of aryl methyl sites for hydroxylation is 1. The Kier molecular flexibility index (Phi) is 6.15. The second kappa shape index (κ2) is 9.37. The standard InChI is InChI=1S/C25H24ClN3O4/c26-21(11-15-4-2-1-3-5-15)28-24(30)22-20-9-7-17-10-16(6-8-19(17)23(20)33-29-22)14-32-25(31)18-12-27-13-18/h1-6,8,10,18,21,27H,7,9,11-14H2,(H,28,30). The molecule has 1 amide bonds. The molecule has 0 spiro atoms. The summed E-state index contributed by atoms with van der Waals surface area (Å²) in [5.74, 6) is 0.0711. The number of nitrogens with one attached hydrogen (secondary N) is 2. The number of halogens is 1. The van der Waals surface area contributed by atoms with E-state index in [4.69, 9.17) is 20.9 Å². The van der Waals surface area contributed by atoms with Crippen molar-refractivity contribution in [1.82, 2.24) is 15.8 Å². The Hall–Kier alpha value is -3.16. The molecule has 2 N–H and O–H groups in total. The van der Waals surface area contributed by atoms with Gasteiger partial charge < -0.3 is 19.9 Å². The zero-order valence-electron chi connectivity index (χ0n) is 18.0. The molecular weight excluding hydrogens is 442 g/mol. The van der Waals surface area contributed by atoms with Gasteiger partial charge in [-0.05, 0) is 29.5 Å². The summed E-state index contributed by atoms with van der Waals surface area (Å²) < 4.78 is 11.0. The Bertz CT molecular complexity index is 1170. The number of alkyl halides is 1. The first-order valence-electron chi connectivity index (χ1n) is 11.1. The third-order valence-electron chi connectivity index (χ3n) is 6.10. The molecule has 2 heterocycles. The van der Waals surface area contributed by atoms with Crippen molar-refractivity contribution in [2.24, 2.45) is 5.92 Å². The SMILES string of the molecule is O=C(NC(Cl)Cc1ccccc1)c1noc2c1CCc1cc(COC(=O)C3CNC3)ccc1-2. The number of benzene rings is 2. The van der Waals surface area contributed by atoms with E-state index in [9.17, 15) is 9.59 Å². The number of hydrogen-bond acceptors (Lipinski definition) is 6. The lowest BCUT2D eigenvalue weighted by molar-refractivity contribution is -0.151. The van der Waals surface area contributed by atoms with Crippen molar-refractivity contribution in [1.29, 1.82) is 0 Å². The summed E-state index contributed by atoms with van der Waals surface area (Å²) in [5, 5.41) is 9.93. The first-order valence-corrected chi connectivity index (χ1v) is 11.5. The molecule has 5 rings (SSSR count). The fraction of sp³-hybridized carbons (Fsp3) is 0.320. The first kappa shape index (κ1) is 21.7. The minimum absolute atomic E-state index is 0.0378. The molecule has 170 valence electrons. The molecule has 1 aliphatic carbocycles. The quantitative estimate of drug-likeness (QED) is 0.316. The summed E-state index contributed by atoms with van der Waals surface area (Å²) in [6.07, 6.45) is 1.89. The van der Waals surface area contributed by atoms with Gasteiger partial charge in [-0.15, -0.1) is 0 Å². The van der Waals surface area contributed by atoms with Crippen LogP contribution in [0.1, 0.15) is 32.7 Å². The predicted molar refractivity (Wildman–Crippen MR) is 123 cm³/mol. The lowest BCUT2D eigenvalue weighted by atomic mass is 9.88. The highest BCUT2D eigenvalue weighted by Crippen LogP contribution is 2.36. The van der Waals surface area contributed by atoms with E-state index in [0.717, 1.165) is 34.2 Å². The highest BCUT2D eigenvalue weighted by atomic mass is 35.5. The van der Waals surface area contributed by atoms with Crippen LogP contribution >= 0.6 is 11.6 Å². The fourth-order valence-corrected chi connectivity index (χ4v) is 4.44. The van der Waals surface area contributed by atoms with Crippen LogP contribution in [0.4, 0.5) is 0 Å². The molecule has 3 aromatic rings. The maximum atomic E-state index is 12.8. The van der Waals surface area contributed by atoms with Crippen LogP contribution in [-0.2, 0) is 35.4 Å². The summed E-state index contributed by atoms with van der Waals surface area (Å²) in [5.41, 5.74) is 4.49. The van der Waals surface area contributed by atoms with Crippen molar-refractivity contribution in [2.75, 3.05) is 13.1 Å². The summed E-state index contributed by atoms with van der Waals surface area (Å²) in [6, 6.07) is 15.6. The van der Waals surface area contributed by atoms with Crippen LogP contribution in [0.5, 0.6) is 0 Å². The van der Waals surface area contributed by atoms with Gasteiger partial charge in [0, 0.05) is 30.6 Å². The molecule has 2 aliphatic rings. The maximum Gasteiger partial charge on any atom is 0.311 e. The van der Waals surface area contributed by atoms with E-state index in [0.29, 0.717) is 31.7 Å². The van der Waals surface area contributed by atoms with Crippen molar-refractivity contribution in [3.63, 3.8) is 0 Å². The van der Waals surface area contributed by atoms with Crippen LogP contribution in [0.3, 0.4) is 0 Å². The molecule has 1 aliphatic heterocycles. The molecule has 0 radical (unpaired) electrons. The second-order valence-electron chi connectivity index (χ2n) is 8.42. The van der Waals surface area contributed by atoms with Crippen molar-refractivity contribution < 1.29 is 18.8 Å². The number of carbonyl (C=O) groups is 2. The van der Waals surface area contributed by atoms with Crippen LogP contribution in [0.25, 0.3) is 11.3 Å². The number of ether oxygens (including phenoxy) is 1. The van der Waals surface area contributed by atoms with Crippen LogP contribution in [0, 0.1) is 5.92 Å². The van der Waals surface area contributed by atoms with E-state index in [2.05, 4.69) is 15.8 Å². The number of aromatic nitrogens is 1. The fourth-order valence-electron chi connectivity index (χ4n) is 4.17. The van der Waals surface area contributed by atoms with Crippen LogP contribution in [0.15, 0.2) is 53.1 Å². The molecule has 8 heteroatoms. The van der Waals surface area contributed by atoms with Crippen molar-refractivity contribution >= 4 is 23.5 Å². The van der Waals surface area contributed by atoms with E-state index in [1.54, 1.807) is 0 Å². The predicted octanol–water partition coefficient (Wildman–Crippen LogP) is 3.24. The van der Waals surface area contributed by atoms with Gasteiger partial charge in [-0.25, -0.2) is 0 Å². The topological polar surface area (TPSA) is 93.5 Å². The van der Waals surface area contributed by atoms with Crippen LogP contribution < -0.4 is 10.6 Å². The molecule has 7 nitrogen and oxygen atoms in total. The Morgan fingerprint density at radius 3 is 2.73 bits per heavy atom. The summed E-state index contributed by atoms with van der Waals surface area (Å²) in [4.78, 5) is 24.8. The number of rotatable bonds is 7. The second-order valence-corrected chi connectivity index (χ2v) is 8.95. The van der Waals surface area contributed by atoms with Crippen molar-refractivity contribution in [2.45, 2.75) is 31.4 Å². The lowest BCUT2D eigenvalue weighted by Crippen LogP contribution is -2.47. The van der Waals surface area contributed by atoms with Gasteiger partial charge in [0.1, 0.15) is 12.1 Å². The van der Waals surface area contributed by atoms with Crippen LogP contribution in [-0.4, -0.2) is 35.6 Å². The van der Waals surface area contributed by atoms with Gasteiger partial charge in [-0.3, -0.25) is 9.59 Å². The zero-order chi connectivity index (χ0) is 22.8. The smallest absolute Gasteiger partial charge is 0.311 e. The van der Waals surface area contributed by atoms with Gasteiger partial charge in [0.15, 0.2) is 11.5 Å². The molecule has 2 aromatic carbocycles. The molecule has 1 unspecified atom stereocenters. The van der Waals surface area contributed by atoms with E-state index in [1.807, 2.05) is 48.5 Å². The molecule has 1 aromatic heterocycles. The summed E-state index contributed by atoms with van der Waals surface area (Å²) >= 11 is 6.36. The minimum atomic E-state index is -0.552. The van der Waals surface area contributed by atoms with E-state index < -0.39 is 5.50 Å². The third-order valence-corrected chi connectivity index (χ3v) is 6.37. The zero-order valence-corrected chi connectivity index (χ0v) is 18.7. The highest BCUT2D eigenvalue weighted by Gasteiger charge is 2.29. The third kappa shape index (κ3) is 4.65. The number of esters is 1. The van der Waals surface area contributed by atoms with Crippen molar-refractivity contribution in [3.8, 4) is 11.3 Å². The van der Waals surface area contributed by atoms with E-state index in [-0.39, 0.29) is 30.1 Å². The highest BCUT2D eigenvalue weighted by molar-refractivity contribution is 6.21. The Balaban J connectivity index is 1.25. The van der Waals surface area contributed by atoms with Gasteiger partial charge in [-0.2, -0.15) is 0 Å². The van der Waals surface area contributed by atoms with E-state index >= 15 is 0 Å². The summed E-state index contributed by atoms with van der Waals surface area (Å²) in [7, 11) is 0. The summed E-state index contributed by atoms with van der Waals surface area (Å²) in [6.45, 7) is 1.62. The lowest BCUT2D eigenvalue weighted by Gasteiger charge is -2.25. The number of nitrogens with zero attached hydrogens (tertiary/aromatic N) is 1. The van der Waals surface area contributed by atoms with Gasteiger partial charge in [0.25, 0.3) is 5.91 Å². The normalized spacial score (nSPS) is 15.7. The van der Waals surface area contributed by atoms with E-state index in [1.165, 1.54) is 0 Å². The molecule has 1 saturated heterocycles. The Morgan fingerprint density at radius 1 is 1.15 bits per heavy atom. The molecule has 33 heavy (non-hydrogen) atoms. The molecular formula is C25H24ClN3O4. The number of fused-ring (bicyclic) bond motifs is 3. The number of amides is 1. The Labute approximate surface area is 196 Å². The first-order chi connectivity index (χ1) is 16.1. The van der Waals surface area contributed by atoms with Gasteiger partial charge in [0.05, 0.1) is 5.92 Å². The van der Waals surface area contributed by atoms with Gasteiger partial charge in [-0.1, -0.05) is 65.3 Å². The monoisotopic (exact) mass is 465 g/mol. The number of carbonyl (C=O) groups excluding carboxylic acids is 2. The maximum absolute atomic E-state index is 12.8. The van der Waals surface area contributed by atoms with Gasteiger partial charge in [0.2, 0.25) is 0 Å². The molecule has 1 atom stereocenters. The average molecular weight is 466 g/mol. The average Bonchev–Trinajstić information content (AvgIpc) is 3.21. The number of hydrogen-bond donors (Lipinski definition) is 2. The van der Waals surface area contributed by atoms with Gasteiger partial charge >= 0.3 is 5.97 Å². The molecule has 0 saturated carbocycles.